The molecular weight excluding hydrogens is 266 g/mol. The Bertz CT molecular complexity index is 447. The molecule has 0 fully saturated rings. The van der Waals surface area contributed by atoms with E-state index in [9.17, 15) is 9.59 Å². The van der Waals surface area contributed by atoms with Crippen molar-refractivity contribution in [1.82, 2.24) is 15.2 Å². The van der Waals surface area contributed by atoms with Crippen LogP contribution in [-0.2, 0) is 11.3 Å². The first-order valence-corrected chi connectivity index (χ1v) is 6.98. The highest BCUT2D eigenvalue weighted by Crippen LogP contribution is 2.12. The van der Waals surface area contributed by atoms with Crippen molar-refractivity contribution in [2.75, 3.05) is 6.54 Å². The van der Waals surface area contributed by atoms with Crippen molar-refractivity contribution in [2.45, 2.75) is 39.8 Å². The second-order valence-electron chi connectivity index (χ2n) is 4.30. The molecule has 7 heteroatoms. The lowest BCUT2D eigenvalue weighted by Crippen LogP contribution is -2.47. The number of nitrogens with one attached hydrogen (secondary N) is 1. The maximum Gasteiger partial charge on any atom is 0.323 e. The minimum atomic E-state index is -1.01. The summed E-state index contributed by atoms with van der Waals surface area (Å²) in [6.07, 6.45) is 0.709. The molecule has 106 valence electrons. The Morgan fingerprint density at radius 3 is 2.74 bits per heavy atom. The van der Waals surface area contributed by atoms with Crippen molar-refractivity contribution in [1.29, 1.82) is 0 Å². The Morgan fingerprint density at radius 2 is 2.26 bits per heavy atom. The lowest BCUT2D eigenvalue weighted by molar-refractivity contribution is -0.138. The fraction of sp³-hybridized carbons (Fsp3) is 0.583. The predicted octanol–water partition coefficient (Wildman–Crippen LogP) is 1.85. The summed E-state index contributed by atoms with van der Waals surface area (Å²) in [6, 6.07) is -0.469. The van der Waals surface area contributed by atoms with Gasteiger partial charge in [-0.15, -0.1) is 11.3 Å². The van der Waals surface area contributed by atoms with Crippen molar-refractivity contribution >= 4 is 23.3 Å². The smallest absolute Gasteiger partial charge is 0.323 e. The summed E-state index contributed by atoms with van der Waals surface area (Å²) in [5.74, 6) is -1.01. The van der Waals surface area contributed by atoms with Crippen LogP contribution in [0.15, 0.2) is 5.51 Å². The zero-order valence-electron chi connectivity index (χ0n) is 11.3. The van der Waals surface area contributed by atoms with Crippen molar-refractivity contribution in [3.63, 3.8) is 0 Å². The van der Waals surface area contributed by atoms with Crippen LogP contribution in [0, 0.1) is 6.92 Å². The fourth-order valence-electron chi connectivity index (χ4n) is 1.55. The van der Waals surface area contributed by atoms with E-state index in [4.69, 9.17) is 5.11 Å². The summed E-state index contributed by atoms with van der Waals surface area (Å²) in [6.45, 7) is 5.71. The van der Waals surface area contributed by atoms with Gasteiger partial charge in [0.15, 0.2) is 0 Å². The number of aliphatic carboxylic acids is 1. The van der Waals surface area contributed by atoms with E-state index in [-0.39, 0.29) is 18.6 Å². The molecule has 0 bridgehead atoms. The normalized spacial score (nSPS) is 11.9. The van der Waals surface area contributed by atoms with Gasteiger partial charge < -0.3 is 15.3 Å². The van der Waals surface area contributed by atoms with Crippen LogP contribution in [0.5, 0.6) is 0 Å². The van der Waals surface area contributed by atoms with Crippen LogP contribution in [0.4, 0.5) is 4.79 Å². The van der Waals surface area contributed by atoms with Crippen LogP contribution in [-0.4, -0.2) is 39.6 Å². The fourth-order valence-corrected chi connectivity index (χ4v) is 2.26. The number of hydrogen-bond acceptors (Lipinski definition) is 4. The molecule has 0 spiro atoms. The highest BCUT2D eigenvalue weighted by atomic mass is 32.1. The van der Waals surface area contributed by atoms with Gasteiger partial charge in [-0.3, -0.25) is 4.79 Å². The Balaban J connectivity index is 2.61. The largest absolute Gasteiger partial charge is 0.480 e. The third-order valence-corrected chi connectivity index (χ3v) is 3.87. The molecule has 1 unspecified atom stereocenters. The average Bonchev–Trinajstić information content (AvgIpc) is 2.77. The molecule has 0 saturated carbocycles. The lowest BCUT2D eigenvalue weighted by atomic mass is 10.2. The third kappa shape index (κ3) is 4.51. The van der Waals surface area contributed by atoms with Crippen molar-refractivity contribution < 1.29 is 14.7 Å². The number of carboxylic acids is 1. The van der Waals surface area contributed by atoms with E-state index in [0.29, 0.717) is 13.0 Å². The molecule has 1 aromatic rings. The van der Waals surface area contributed by atoms with E-state index in [0.717, 1.165) is 10.6 Å². The monoisotopic (exact) mass is 285 g/mol. The maximum absolute atomic E-state index is 12.0. The molecule has 19 heavy (non-hydrogen) atoms. The maximum atomic E-state index is 12.0. The lowest BCUT2D eigenvalue weighted by Gasteiger charge is -2.27. The summed E-state index contributed by atoms with van der Waals surface area (Å²) >= 11 is 1.47. The van der Waals surface area contributed by atoms with Crippen LogP contribution in [0.1, 0.15) is 30.8 Å². The Hall–Kier alpha value is -1.63. The Labute approximate surface area is 116 Å². The molecule has 0 aromatic carbocycles. The summed E-state index contributed by atoms with van der Waals surface area (Å²) in [5.41, 5.74) is 2.61. The number of thiazole rings is 1. The second kappa shape index (κ2) is 7.08. The molecular formula is C12H19N3O3S. The number of rotatable bonds is 6. The average molecular weight is 285 g/mol. The summed E-state index contributed by atoms with van der Waals surface area (Å²) in [5, 5.41) is 11.6. The second-order valence-corrected chi connectivity index (χ2v) is 5.24. The van der Waals surface area contributed by atoms with Crippen LogP contribution < -0.4 is 5.32 Å². The zero-order valence-corrected chi connectivity index (χ0v) is 12.2. The van der Waals surface area contributed by atoms with E-state index >= 15 is 0 Å². The zero-order chi connectivity index (χ0) is 14.4. The molecule has 1 aromatic heterocycles. The van der Waals surface area contributed by atoms with Crippen LogP contribution in [0.3, 0.4) is 0 Å². The van der Waals surface area contributed by atoms with Gasteiger partial charge in [0.1, 0.15) is 6.54 Å². The topological polar surface area (TPSA) is 82.5 Å². The van der Waals surface area contributed by atoms with Crippen molar-refractivity contribution in [3.05, 3.63) is 16.1 Å². The Kier molecular flexibility index (Phi) is 5.75. The summed E-state index contributed by atoms with van der Waals surface area (Å²) < 4.78 is 0. The van der Waals surface area contributed by atoms with E-state index < -0.39 is 5.97 Å². The molecule has 0 saturated heterocycles. The number of carbonyl (C=O) groups excluding carboxylic acids is 1. The quantitative estimate of drug-likeness (QED) is 0.835. The van der Waals surface area contributed by atoms with Gasteiger partial charge in [-0.2, -0.15) is 0 Å². The van der Waals surface area contributed by atoms with Gasteiger partial charge in [0.05, 0.1) is 17.7 Å². The highest BCUT2D eigenvalue weighted by molar-refractivity contribution is 7.09. The molecule has 2 N–H and O–H groups in total. The molecule has 1 atom stereocenters. The number of amides is 2. The number of hydrogen-bond donors (Lipinski definition) is 2. The first-order chi connectivity index (χ1) is 8.95. The van der Waals surface area contributed by atoms with E-state index in [1.807, 2.05) is 20.8 Å². The van der Waals surface area contributed by atoms with E-state index in [1.54, 1.807) is 5.51 Å². The minimum Gasteiger partial charge on any atom is -0.480 e. The van der Waals surface area contributed by atoms with Gasteiger partial charge in [0.25, 0.3) is 0 Å². The molecule has 0 aliphatic heterocycles. The minimum absolute atomic E-state index is 0.112. The van der Waals surface area contributed by atoms with Gasteiger partial charge in [-0.1, -0.05) is 6.92 Å². The van der Waals surface area contributed by atoms with Crippen molar-refractivity contribution in [3.8, 4) is 0 Å². The van der Waals surface area contributed by atoms with Gasteiger partial charge in [-0.05, 0) is 20.3 Å². The van der Waals surface area contributed by atoms with Crippen LogP contribution >= 0.6 is 11.3 Å². The molecule has 0 radical (unpaired) electrons. The van der Waals surface area contributed by atoms with E-state index in [2.05, 4.69) is 10.3 Å². The number of nitrogens with zero attached hydrogens (tertiary/aromatic N) is 2. The van der Waals surface area contributed by atoms with Gasteiger partial charge in [0, 0.05) is 10.9 Å². The molecule has 1 rings (SSSR count). The van der Waals surface area contributed by atoms with Gasteiger partial charge in [0.2, 0.25) is 0 Å². The molecule has 2 amide bonds. The summed E-state index contributed by atoms with van der Waals surface area (Å²) in [4.78, 5) is 29.2. The van der Waals surface area contributed by atoms with E-state index in [1.165, 1.54) is 16.2 Å². The predicted molar refractivity (Wildman–Crippen MR) is 73.2 cm³/mol. The molecule has 0 aliphatic carbocycles. The molecule has 1 heterocycles. The number of aryl methyl sites for hydroxylation is 1. The highest BCUT2D eigenvalue weighted by Gasteiger charge is 2.21. The first kappa shape index (κ1) is 15.4. The SMILES string of the molecule is CCC(C)N(CC(=O)O)C(=O)NCc1scnc1C. The Morgan fingerprint density at radius 1 is 1.58 bits per heavy atom. The number of carboxylic acid groups (broad SMARTS) is 1. The number of urea groups is 1. The molecule has 0 aliphatic rings. The number of aromatic nitrogens is 1. The standard InChI is InChI=1S/C12H19N3O3S/c1-4-8(2)15(6-11(16)17)12(18)13-5-10-9(3)14-7-19-10/h7-8H,4-6H2,1-3H3,(H,13,18)(H,16,17). The number of carbonyl (C=O) groups is 2. The first-order valence-electron chi connectivity index (χ1n) is 6.10. The van der Waals surface area contributed by atoms with Gasteiger partial charge in [-0.25, -0.2) is 9.78 Å². The third-order valence-electron chi connectivity index (χ3n) is 2.93. The van der Waals surface area contributed by atoms with Gasteiger partial charge >= 0.3 is 12.0 Å². The summed E-state index contributed by atoms with van der Waals surface area (Å²) in [7, 11) is 0. The van der Waals surface area contributed by atoms with Crippen molar-refractivity contribution in [2.24, 2.45) is 0 Å². The van der Waals surface area contributed by atoms with Crippen LogP contribution in [0.25, 0.3) is 0 Å². The molecule has 6 nitrogen and oxygen atoms in total. The van der Waals surface area contributed by atoms with Crippen LogP contribution in [0.2, 0.25) is 0 Å².